The average molecular weight is 858 g/mol. The summed E-state index contributed by atoms with van der Waals surface area (Å²) < 4.78 is 0. The van der Waals surface area contributed by atoms with Crippen molar-refractivity contribution in [1.82, 2.24) is 15.0 Å². The van der Waals surface area contributed by atoms with Crippen LogP contribution >= 0.6 is 0 Å². The molecule has 10 aromatic rings. The second-order valence-corrected chi connectivity index (χ2v) is 16.3. The van der Waals surface area contributed by atoms with Crippen molar-refractivity contribution >= 4 is 5.57 Å². The highest BCUT2D eigenvalue weighted by molar-refractivity contribution is 6.07. The first-order chi connectivity index (χ1) is 33.1. The number of allylic oxidation sites excluding steroid dienone is 5. The van der Waals surface area contributed by atoms with Gasteiger partial charge in [-0.05, 0) is 109 Å². The zero-order valence-corrected chi connectivity index (χ0v) is 37.3. The van der Waals surface area contributed by atoms with Gasteiger partial charge in [-0.1, -0.05) is 237 Å². The van der Waals surface area contributed by atoms with Crippen LogP contribution in [0.15, 0.2) is 261 Å². The molecule has 0 amide bonds. The van der Waals surface area contributed by atoms with Gasteiger partial charge in [-0.25, -0.2) is 15.0 Å². The van der Waals surface area contributed by atoms with Gasteiger partial charge in [0.2, 0.25) is 0 Å². The molecule has 3 heteroatoms. The van der Waals surface area contributed by atoms with E-state index < -0.39 is 0 Å². The normalized spacial score (nSPS) is 11.4. The highest BCUT2D eigenvalue weighted by Crippen LogP contribution is 2.50. The first-order valence-corrected chi connectivity index (χ1v) is 22.7. The third kappa shape index (κ3) is 9.00. The van der Waals surface area contributed by atoms with Gasteiger partial charge < -0.3 is 0 Å². The topological polar surface area (TPSA) is 38.7 Å². The van der Waals surface area contributed by atoms with Gasteiger partial charge in [0, 0.05) is 16.7 Å². The summed E-state index contributed by atoms with van der Waals surface area (Å²) in [5, 5.41) is 0. The Morgan fingerprint density at radius 3 is 1.22 bits per heavy atom. The Balaban J connectivity index is 1.15. The molecule has 0 N–H and O–H groups in total. The average Bonchev–Trinajstić information content (AvgIpc) is 3.41. The maximum absolute atomic E-state index is 5.16. The second-order valence-electron chi connectivity index (χ2n) is 16.3. The predicted molar refractivity (Wildman–Crippen MR) is 282 cm³/mol. The minimum Gasteiger partial charge on any atom is -0.208 e. The molecule has 0 atom stereocenters. The van der Waals surface area contributed by atoms with Crippen molar-refractivity contribution in [2.75, 3.05) is 0 Å². The Labute approximate surface area is 393 Å². The molecule has 0 aliphatic carbocycles. The maximum atomic E-state index is 5.16. The van der Waals surface area contributed by atoms with E-state index in [0.29, 0.717) is 17.5 Å². The van der Waals surface area contributed by atoms with E-state index in [4.69, 9.17) is 15.0 Å². The highest BCUT2D eigenvalue weighted by Gasteiger charge is 2.24. The molecule has 0 saturated heterocycles. The van der Waals surface area contributed by atoms with E-state index in [1.54, 1.807) is 0 Å². The van der Waals surface area contributed by atoms with Crippen LogP contribution in [-0.2, 0) is 0 Å². The van der Waals surface area contributed by atoms with Crippen LogP contribution in [0.25, 0.3) is 106 Å². The summed E-state index contributed by atoms with van der Waals surface area (Å²) in [7, 11) is 0. The van der Waals surface area contributed by atoms with Crippen LogP contribution in [-0.4, -0.2) is 15.0 Å². The van der Waals surface area contributed by atoms with E-state index in [0.717, 1.165) is 66.8 Å². The van der Waals surface area contributed by atoms with Crippen LogP contribution in [0.5, 0.6) is 0 Å². The summed E-state index contributed by atoms with van der Waals surface area (Å²) in [4.78, 5) is 15.3. The van der Waals surface area contributed by atoms with Crippen LogP contribution in [0.4, 0.5) is 0 Å². The maximum Gasteiger partial charge on any atom is 0.164 e. The summed E-state index contributed by atoms with van der Waals surface area (Å²) in [5.74, 6) is 1.81. The molecular weight excluding hydrogens is 811 g/mol. The molecule has 0 aliphatic rings. The van der Waals surface area contributed by atoms with E-state index >= 15 is 0 Å². The fourth-order valence-corrected chi connectivity index (χ4v) is 8.83. The van der Waals surface area contributed by atoms with Gasteiger partial charge in [0.15, 0.2) is 17.5 Å². The van der Waals surface area contributed by atoms with Crippen LogP contribution in [0.1, 0.15) is 12.5 Å². The molecule has 3 nitrogen and oxygen atoms in total. The van der Waals surface area contributed by atoms with E-state index in [-0.39, 0.29) is 0 Å². The van der Waals surface area contributed by atoms with Crippen molar-refractivity contribution < 1.29 is 0 Å². The summed E-state index contributed by atoms with van der Waals surface area (Å²) in [6.07, 6.45) is 7.97. The minimum absolute atomic E-state index is 0.600. The highest BCUT2D eigenvalue weighted by atomic mass is 15.0. The lowest BCUT2D eigenvalue weighted by molar-refractivity contribution is 1.07. The monoisotopic (exact) mass is 857 g/mol. The molecule has 0 bridgehead atoms. The zero-order valence-electron chi connectivity index (χ0n) is 37.3. The molecule has 1 heterocycles. The van der Waals surface area contributed by atoms with E-state index in [1.165, 1.54) is 27.8 Å². The molecule has 0 unspecified atom stereocenters. The largest absolute Gasteiger partial charge is 0.208 e. The van der Waals surface area contributed by atoms with Crippen LogP contribution in [0, 0.1) is 0 Å². The van der Waals surface area contributed by atoms with E-state index in [1.807, 2.05) is 61.5 Å². The summed E-state index contributed by atoms with van der Waals surface area (Å²) in [6.45, 7) is 6.08. The predicted octanol–water partition coefficient (Wildman–Crippen LogP) is 17.0. The second kappa shape index (κ2) is 19.5. The van der Waals surface area contributed by atoms with Crippen molar-refractivity contribution in [3.8, 4) is 101 Å². The van der Waals surface area contributed by atoms with Crippen molar-refractivity contribution in [2.24, 2.45) is 0 Å². The van der Waals surface area contributed by atoms with Crippen molar-refractivity contribution in [3.05, 3.63) is 267 Å². The first-order valence-electron chi connectivity index (χ1n) is 22.7. The van der Waals surface area contributed by atoms with E-state index in [9.17, 15) is 0 Å². The Morgan fingerprint density at radius 2 is 0.716 bits per heavy atom. The van der Waals surface area contributed by atoms with Gasteiger partial charge in [0.25, 0.3) is 0 Å². The molecule has 9 aromatic carbocycles. The molecule has 10 rings (SSSR count). The number of rotatable bonds is 12. The molecular formula is C64H47N3. The number of benzene rings is 9. The van der Waals surface area contributed by atoms with Gasteiger partial charge in [-0.3, -0.25) is 0 Å². The SMILES string of the molecule is C=C/C(=C\C=C/C)c1cccc(-c2nc(-c3ccccc3)nc(-c3cccc(-c4cccc(-c5cc(-c6ccccc6)c(-c6ccccc6)c(-c6ccccc6)c5-c5ccccc5)c4)c3)n2)c1. The van der Waals surface area contributed by atoms with Gasteiger partial charge in [0.05, 0.1) is 0 Å². The standard InChI is InChI=1S/C64H47N3/c1-3-5-24-45(4-2)51-35-22-39-55(42-51)63-65-62(50-33-19-10-20-34-50)66-64(67-63)56-40-23-37-53(43-56)52-36-21-38-54(41-52)58-44-57(46-25-11-6-12-26-46)59(47-27-13-7-14-28-47)61(49-31-17-9-18-32-49)60(58)48-29-15-8-16-30-48/h3-44H,2H2,1H3/b5-3-,45-24+. The Kier molecular flexibility index (Phi) is 12.3. The smallest absolute Gasteiger partial charge is 0.164 e. The lowest BCUT2D eigenvalue weighted by Crippen LogP contribution is -2.00. The lowest BCUT2D eigenvalue weighted by Gasteiger charge is -2.24. The van der Waals surface area contributed by atoms with Crippen LogP contribution in [0.3, 0.4) is 0 Å². The molecule has 0 radical (unpaired) electrons. The molecule has 0 spiro atoms. The van der Waals surface area contributed by atoms with Crippen LogP contribution in [0.2, 0.25) is 0 Å². The Morgan fingerprint density at radius 1 is 0.343 bits per heavy atom. The number of hydrogen-bond acceptors (Lipinski definition) is 3. The fraction of sp³-hybridized carbons (Fsp3) is 0.0156. The number of nitrogens with zero attached hydrogens (tertiary/aromatic N) is 3. The van der Waals surface area contributed by atoms with Gasteiger partial charge in [0.1, 0.15) is 0 Å². The van der Waals surface area contributed by atoms with Gasteiger partial charge >= 0.3 is 0 Å². The van der Waals surface area contributed by atoms with Crippen molar-refractivity contribution in [2.45, 2.75) is 6.92 Å². The molecule has 1 aromatic heterocycles. The van der Waals surface area contributed by atoms with E-state index in [2.05, 4.69) is 207 Å². The molecule has 0 aliphatic heterocycles. The summed E-state index contributed by atoms with van der Waals surface area (Å²) in [6, 6.07) is 81.6. The molecule has 0 saturated carbocycles. The van der Waals surface area contributed by atoms with Crippen molar-refractivity contribution in [1.29, 1.82) is 0 Å². The quantitative estimate of drug-likeness (QED) is 0.115. The number of hydrogen-bond donors (Lipinski definition) is 0. The summed E-state index contributed by atoms with van der Waals surface area (Å²) in [5.41, 5.74) is 18.6. The Bertz CT molecular complexity index is 3390. The summed E-state index contributed by atoms with van der Waals surface area (Å²) >= 11 is 0. The first kappa shape index (κ1) is 42.2. The molecule has 318 valence electrons. The lowest BCUT2D eigenvalue weighted by atomic mass is 9.78. The van der Waals surface area contributed by atoms with Gasteiger partial charge in [-0.15, -0.1) is 0 Å². The fourth-order valence-electron chi connectivity index (χ4n) is 8.83. The van der Waals surface area contributed by atoms with Crippen molar-refractivity contribution in [3.63, 3.8) is 0 Å². The Hall–Kier alpha value is -8.79. The molecule has 67 heavy (non-hydrogen) atoms. The molecule has 0 fully saturated rings. The van der Waals surface area contributed by atoms with Gasteiger partial charge in [-0.2, -0.15) is 0 Å². The minimum atomic E-state index is 0.600. The third-order valence-electron chi connectivity index (χ3n) is 12.0. The van der Waals surface area contributed by atoms with Crippen LogP contribution < -0.4 is 0 Å². The zero-order chi connectivity index (χ0) is 45.4. The third-order valence-corrected chi connectivity index (χ3v) is 12.0. The number of aromatic nitrogens is 3.